The van der Waals surface area contributed by atoms with E-state index in [1.165, 1.54) is 12.1 Å². The highest BCUT2D eigenvalue weighted by atomic mass is 19.1. The van der Waals surface area contributed by atoms with E-state index >= 15 is 0 Å². The summed E-state index contributed by atoms with van der Waals surface area (Å²) < 4.78 is 21.8. The van der Waals surface area contributed by atoms with Gasteiger partial charge in [-0.15, -0.1) is 0 Å². The lowest BCUT2D eigenvalue weighted by atomic mass is 9.88. The molecule has 0 amide bonds. The van der Waals surface area contributed by atoms with Crippen molar-refractivity contribution in [2.45, 2.75) is 25.7 Å². The molecule has 1 saturated heterocycles. The molecule has 6 rings (SSSR count). The summed E-state index contributed by atoms with van der Waals surface area (Å²) in [5, 5.41) is 18.8. The number of hydrogen-bond acceptors (Lipinski definition) is 3. The van der Waals surface area contributed by atoms with E-state index in [1.54, 1.807) is 30.5 Å². The zero-order valence-electron chi connectivity index (χ0n) is 19.2. The van der Waals surface area contributed by atoms with Crippen LogP contribution in [-0.4, -0.2) is 39.1 Å². The Morgan fingerprint density at radius 3 is 2.60 bits per heavy atom. The molecule has 0 radical (unpaired) electrons. The summed E-state index contributed by atoms with van der Waals surface area (Å²) >= 11 is 0. The van der Waals surface area contributed by atoms with Crippen molar-refractivity contribution in [3.8, 4) is 16.8 Å². The van der Waals surface area contributed by atoms with Crippen LogP contribution in [0.1, 0.15) is 40.4 Å². The standard InChI is InChI=1S/C28H24FN3O3/c1-16-12-18(28(33)34)2-7-22(16)26-23-14-24-19(15-30-31-24)13-25(23)32(21-5-3-20(29)4-6-21)27(26)17-8-10-35-11-9-17/h2-7,12-15,17H,8-11H2,1H3,(H,30,31)(H,33,34). The van der Waals surface area contributed by atoms with Crippen molar-refractivity contribution in [1.82, 2.24) is 14.8 Å². The summed E-state index contributed by atoms with van der Waals surface area (Å²) in [6.07, 6.45) is 3.55. The topological polar surface area (TPSA) is 80.1 Å². The summed E-state index contributed by atoms with van der Waals surface area (Å²) in [7, 11) is 0. The first-order valence-electron chi connectivity index (χ1n) is 11.7. The first-order chi connectivity index (χ1) is 17.0. The molecule has 35 heavy (non-hydrogen) atoms. The summed E-state index contributed by atoms with van der Waals surface area (Å²) in [5.74, 6) is -1.00. The van der Waals surface area contributed by atoms with E-state index in [-0.39, 0.29) is 17.3 Å². The van der Waals surface area contributed by atoms with E-state index in [0.717, 1.165) is 62.7 Å². The number of benzene rings is 3. The maximum atomic E-state index is 13.9. The zero-order valence-corrected chi connectivity index (χ0v) is 19.2. The highest BCUT2D eigenvalue weighted by Gasteiger charge is 2.29. The van der Waals surface area contributed by atoms with Crippen molar-refractivity contribution >= 4 is 27.8 Å². The largest absolute Gasteiger partial charge is 0.478 e. The third-order valence-electron chi connectivity index (χ3n) is 7.00. The maximum Gasteiger partial charge on any atom is 0.335 e. The molecule has 0 spiro atoms. The Morgan fingerprint density at radius 2 is 1.89 bits per heavy atom. The highest BCUT2D eigenvalue weighted by Crippen LogP contribution is 2.45. The number of hydrogen-bond donors (Lipinski definition) is 2. The van der Waals surface area contributed by atoms with Crippen LogP contribution < -0.4 is 0 Å². The fraction of sp³-hybridized carbons (Fsp3) is 0.214. The predicted octanol–water partition coefficient (Wildman–Crippen LogP) is 6.21. The normalized spacial score (nSPS) is 14.7. The number of carboxylic acids is 1. The van der Waals surface area contributed by atoms with Crippen molar-refractivity contribution < 1.29 is 19.0 Å². The van der Waals surface area contributed by atoms with Gasteiger partial charge in [-0.2, -0.15) is 5.10 Å². The average Bonchev–Trinajstić information content (AvgIpc) is 3.45. The van der Waals surface area contributed by atoms with E-state index in [2.05, 4.69) is 26.9 Å². The molecule has 1 aliphatic rings. The molecule has 1 fully saturated rings. The molecule has 0 saturated carbocycles. The molecule has 0 aliphatic carbocycles. The van der Waals surface area contributed by atoms with Gasteiger partial charge >= 0.3 is 5.97 Å². The van der Waals surface area contributed by atoms with Crippen LogP contribution in [0.25, 0.3) is 38.6 Å². The molecular formula is C28H24FN3O3. The Morgan fingerprint density at radius 1 is 1.11 bits per heavy atom. The molecule has 5 aromatic rings. The Bertz CT molecular complexity index is 1580. The maximum absolute atomic E-state index is 13.9. The molecular weight excluding hydrogens is 445 g/mol. The fourth-order valence-electron chi connectivity index (χ4n) is 5.33. The third kappa shape index (κ3) is 3.59. The molecule has 176 valence electrons. The Kier molecular flexibility index (Phi) is 5.15. The van der Waals surface area contributed by atoms with E-state index in [0.29, 0.717) is 13.2 Å². The van der Waals surface area contributed by atoms with Crippen molar-refractivity contribution in [2.24, 2.45) is 0 Å². The van der Waals surface area contributed by atoms with Crippen molar-refractivity contribution in [2.75, 3.05) is 13.2 Å². The van der Waals surface area contributed by atoms with Gasteiger partial charge in [-0.05, 0) is 79.4 Å². The number of halogens is 1. The number of H-pyrrole nitrogens is 1. The molecule has 2 aromatic heterocycles. The van der Waals surface area contributed by atoms with Crippen LogP contribution in [-0.2, 0) is 4.74 Å². The molecule has 0 atom stereocenters. The zero-order chi connectivity index (χ0) is 24.1. The lowest BCUT2D eigenvalue weighted by Gasteiger charge is -2.26. The van der Waals surface area contributed by atoms with Gasteiger partial charge in [0.05, 0.1) is 22.8 Å². The van der Waals surface area contributed by atoms with Crippen LogP contribution in [0.2, 0.25) is 0 Å². The Balaban J connectivity index is 1.74. The summed E-state index contributed by atoms with van der Waals surface area (Å²) in [4.78, 5) is 11.6. The molecule has 7 heteroatoms. The summed E-state index contributed by atoms with van der Waals surface area (Å²) in [6.45, 7) is 3.30. The minimum absolute atomic E-state index is 0.228. The number of aryl methyl sites for hydroxylation is 1. The number of carboxylic acid groups (broad SMARTS) is 1. The Labute approximate surface area is 201 Å². The number of aromatic carboxylic acids is 1. The predicted molar refractivity (Wildman–Crippen MR) is 133 cm³/mol. The SMILES string of the molecule is Cc1cc(C(=O)O)ccc1-c1c(C2CCOCC2)n(-c2ccc(F)cc2)c2cc3cn[nH]c3cc12. The minimum Gasteiger partial charge on any atom is -0.478 e. The molecule has 0 unspecified atom stereocenters. The van der Waals surface area contributed by atoms with Crippen LogP contribution in [0, 0.1) is 12.7 Å². The van der Waals surface area contributed by atoms with Crippen LogP contribution >= 0.6 is 0 Å². The van der Waals surface area contributed by atoms with Crippen LogP contribution in [0.5, 0.6) is 0 Å². The Hall–Kier alpha value is -3.97. The second-order valence-corrected chi connectivity index (χ2v) is 9.12. The monoisotopic (exact) mass is 469 g/mol. The third-order valence-corrected chi connectivity index (χ3v) is 7.00. The number of rotatable bonds is 4. The molecule has 3 heterocycles. The quantitative estimate of drug-likeness (QED) is 0.328. The lowest BCUT2D eigenvalue weighted by Crippen LogP contribution is -2.17. The van der Waals surface area contributed by atoms with Gasteiger partial charge in [0.15, 0.2) is 0 Å². The van der Waals surface area contributed by atoms with Crippen LogP contribution in [0.4, 0.5) is 4.39 Å². The molecule has 1 aliphatic heterocycles. The van der Waals surface area contributed by atoms with Crippen LogP contribution in [0.3, 0.4) is 0 Å². The second kappa shape index (κ2) is 8.36. The smallest absolute Gasteiger partial charge is 0.335 e. The molecule has 0 bridgehead atoms. The average molecular weight is 470 g/mol. The van der Waals surface area contributed by atoms with Crippen molar-refractivity contribution in [3.05, 3.63) is 83.4 Å². The van der Waals surface area contributed by atoms with Crippen LogP contribution in [0.15, 0.2) is 60.8 Å². The first kappa shape index (κ1) is 21.6. The second-order valence-electron chi connectivity index (χ2n) is 9.12. The number of ether oxygens (including phenoxy) is 1. The van der Waals surface area contributed by atoms with E-state index in [4.69, 9.17) is 4.74 Å². The fourth-order valence-corrected chi connectivity index (χ4v) is 5.33. The number of nitrogens with one attached hydrogen (secondary N) is 1. The molecule has 6 nitrogen and oxygen atoms in total. The highest BCUT2D eigenvalue weighted by molar-refractivity contribution is 6.06. The van der Waals surface area contributed by atoms with Gasteiger partial charge in [0, 0.05) is 46.8 Å². The summed E-state index contributed by atoms with van der Waals surface area (Å²) in [5.41, 5.74) is 7.16. The molecule has 2 N–H and O–H groups in total. The number of carbonyl (C=O) groups is 1. The van der Waals surface area contributed by atoms with Gasteiger partial charge in [0.2, 0.25) is 0 Å². The minimum atomic E-state index is -0.947. The van der Waals surface area contributed by atoms with Gasteiger partial charge in [-0.1, -0.05) is 6.07 Å². The van der Waals surface area contributed by atoms with Gasteiger partial charge in [0.1, 0.15) is 5.82 Å². The first-order valence-corrected chi connectivity index (χ1v) is 11.7. The number of aromatic amines is 1. The van der Waals surface area contributed by atoms with Crippen molar-refractivity contribution in [3.63, 3.8) is 0 Å². The van der Waals surface area contributed by atoms with E-state index in [1.807, 2.05) is 13.0 Å². The van der Waals surface area contributed by atoms with Crippen molar-refractivity contribution in [1.29, 1.82) is 0 Å². The number of aromatic nitrogens is 3. The summed E-state index contributed by atoms with van der Waals surface area (Å²) in [6, 6.07) is 16.1. The lowest BCUT2D eigenvalue weighted by molar-refractivity contribution is 0.0696. The van der Waals surface area contributed by atoms with Gasteiger partial charge < -0.3 is 14.4 Å². The van der Waals surface area contributed by atoms with Gasteiger partial charge in [0.25, 0.3) is 0 Å². The number of fused-ring (bicyclic) bond motifs is 2. The number of nitrogens with zero attached hydrogens (tertiary/aromatic N) is 2. The van der Waals surface area contributed by atoms with E-state index in [9.17, 15) is 14.3 Å². The van der Waals surface area contributed by atoms with Gasteiger partial charge in [-0.3, -0.25) is 5.10 Å². The molecule has 3 aromatic carbocycles. The van der Waals surface area contributed by atoms with Gasteiger partial charge in [-0.25, -0.2) is 9.18 Å². The van der Waals surface area contributed by atoms with E-state index < -0.39 is 5.97 Å².